The van der Waals surface area contributed by atoms with Gasteiger partial charge in [-0.05, 0) is 77.1 Å². The third-order valence-corrected chi connectivity index (χ3v) is 8.57. The second-order valence-electron chi connectivity index (χ2n) is 11.0. The Kier molecular flexibility index (Phi) is 6.63. The number of methoxy groups -OCH3 is 1. The van der Waals surface area contributed by atoms with Gasteiger partial charge >= 0.3 is 5.97 Å². The van der Waals surface area contributed by atoms with Crippen molar-refractivity contribution in [1.29, 1.82) is 5.26 Å². The van der Waals surface area contributed by atoms with Crippen molar-refractivity contribution in [2.75, 3.05) is 13.7 Å². The van der Waals surface area contributed by atoms with Gasteiger partial charge in [0.15, 0.2) is 0 Å². The van der Waals surface area contributed by atoms with E-state index in [-0.39, 0.29) is 23.7 Å². The van der Waals surface area contributed by atoms with Crippen molar-refractivity contribution in [3.8, 4) is 17.2 Å². The zero-order valence-electron chi connectivity index (χ0n) is 22.5. The van der Waals surface area contributed by atoms with Crippen LogP contribution in [0.2, 0.25) is 0 Å². The molecule has 0 aromatic heterocycles. The quantitative estimate of drug-likeness (QED) is 0.442. The lowest BCUT2D eigenvalue weighted by Crippen LogP contribution is -2.41. The number of hydrogen-bond acceptors (Lipinski definition) is 5. The highest BCUT2D eigenvalue weighted by molar-refractivity contribution is 5.91. The molecule has 2 saturated carbocycles. The van der Waals surface area contributed by atoms with Crippen molar-refractivity contribution < 1.29 is 19.1 Å². The summed E-state index contributed by atoms with van der Waals surface area (Å²) in [7, 11) is 1.36. The number of nitrogens with one attached hydrogen (secondary N) is 1. The summed E-state index contributed by atoms with van der Waals surface area (Å²) >= 11 is 0. The fraction of sp³-hybridized carbons (Fsp3) is 0.333. The molecule has 2 fully saturated rings. The van der Waals surface area contributed by atoms with Crippen LogP contribution < -0.4 is 5.32 Å². The van der Waals surface area contributed by atoms with E-state index in [4.69, 9.17) is 4.74 Å². The van der Waals surface area contributed by atoms with Gasteiger partial charge in [0.1, 0.15) is 5.41 Å². The second-order valence-corrected chi connectivity index (χ2v) is 11.0. The Morgan fingerprint density at radius 3 is 2.58 bits per heavy atom. The van der Waals surface area contributed by atoms with Crippen LogP contribution in [0, 0.1) is 22.7 Å². The normalized spacial score (nSPS) is 20.1. The van der Waals surface area contributed by atoms with Gasteiger partial charge in [0.2, 0.25) is 11.8 Å². The maximum atomic E-state index is 13.3. The smallest absolute Gasteiger partial charge is 0.337 e. The van der Waals surface area contributed by atoms with Gasteiger partial charge in [-0.25, -0.2) is 4.79 Å². The largest absolute Gasteiger partial charge is 0.465 e. The average Bonchev–Trinajstić information content (AvgIpc) is 3.94. The van der Waals surface area contributed by atoms with E-state index in [0.717, 1.165) is 34.2 Å². The summed E-state index contributed by atoms with van der Waals surface area (Å²) in [6, 6.07) is 23.8. The third-order valence-electron chi connectivity index (χ3n) is 8.57. The van der Waals surface area contributed by atoms with Crippen LogP contribution in [0.5, 0.6) is 0 Å². The van der Waals surface area contributed by atoms with Crippen LogP contribution in [0.3, 0.4) is 0 Å². The Morgan fingerprint density at radius 2 is 1.85 bits per heavy atom. The maximum absolute atomic E-state index is 13.3. The van der Waals surface area contributed by atoms with Crippen LogP contribution in [0.1, 0.15) is 57.8 Å². The fourth-order valence-electron chi connectivity index (χ4n) is 5.95. The lowest BCUT2D eigenvalue weighted by Gasteiger charge is -2.33. The van der Waals surface area contributed by atoms with Gasteiger partial charge in [0.05, 0.1) is 18.7 Å². The van der Waals surface area contributed by atoms with Gasteiger partial charge in [-0.15, -0.1) is 0 Å². The first-order chi connectivity index (χ1) is 19.4. The monoisotopic (exact) mass is 533 g/mol. The van der Waals surface area contributed by atoms with Crippen molar-refractivity contribution >= 4 is 17.8 Å². The maximum Gasteiger partial charge on any atom is 0.337 e. The molecule has 2 aliphatic carbocycles. The van der Waals surface area contributed by atoms with Crippen molar-refractivity contribution in [3.63, 3.8) is 0 Å². The molecule has 40 heavy (non-hydrogen) atoms. The van der Waals surface area contributed by atoms with Crippen LogP contribution in [-0.4, -0.2) is 36.3 Å². The highest BCUT2D eigenvalue weighted by Crippen LogP contribution is 2.48. The van der Waals surface area contributed by atoms with E-state index in [1.54, 1.807) is 11.0 Å². The first-order valence-electron chi connectivity index (χ1n) is 13.8. The summed E-state index contributed by atoms with van der Waals surface area (Å²) in [6.45, 7) is 1.28. The predicted molar refractivity (Wildman–Crippen MR) is 149 cm³/mol. The van der Waals surface area contributed by atoms with E-state index in [2.05, 4.69) is 23.5 Å². The number of nitrogens with zero attached hydrogens (tertiary/aromatic N) is 2. The number of amides is 2. The zero-order chi connectivity index (χ0) is 27.9. The van der Waals surface area contributed by atoms with E-state index in [1.807, 2.05) is 48.5 Å². The predicted octanol–water partition coefficient (Wildman–Crippen LogP) is 4.75. The number of fused-ring (bicyclic) bond motifs is 1. The Morgan fingerprint density at radius 1 is 1.05 bits per heavy atom. The van der Waals surface area contributed by atoms with E-state index >= 15 is 0 Å². The standard InChI is InChI=1S/C33H31N3O4/c1-40-31(38)23-9-5-8-22(16-23)25-11-10-24(18-35-30(37)28-17-27(28)21-6-3-2-4-7-21)29-19-36(15-12-26(25)29)32(39)33(20-34)13-14-33/h2-11,16,27-28H,12-15,17-19H2,1H3,(H,35,37). The highest BCUT2D eigenvalue weighted by atomic mass is 16.5. The molecule has 3 aliphatic rings. The Labute approximate surface area is 233 Å². The number of ether oxygens (including phenoxy) is 1. The van der Waals surface area contributed by atoms with Crippen molar-refractivity contribution in [3.05, 3.63) is 94.5 Å². The molecule has 0 saturated heterocycles. The SMILES string of the molecule is COC(=O)c1cccc(-c2ccc(CNC(=O)C3CC3c3ccccc3)c3c2CCN(C(=O)C2(C#N)CC2)C3)c1. The Hall–Kier alpha value is -4.44. The number of nitriles is 1. The van der Waals surface area contributed by atoms with Crippen molar-refractivity contribution in [1.82, 2.24) is 10.2 Å². The number of hydrogen-bond donors (Lipinski definition) is 1. The van der Waals surface area contributed by atoms with Crippen LogP contribution in [0.15, 0.2) is 66.7 Å². The van der Waals surface area contributed by atoms with E-state index in [1.165, 1.54) is 12.7 Å². The molecule has 2 amide bonds. The summed E-state index contributed by atoms with van der Waals surface area (Å²) in [5.41, 5.74) is 5.76. The molecule has 3 aromatic carbocycles. The first kappa shape index (κ1) is 25.8. The Balaban J connectivity index is 1.27. The molecule has 1 aliphatic heterocycles. The molecule has 1 heterocycles. The summed E-state index contributed by atoms with van der Waals surface area (Å²) in [5, 5.41) is 12.8. The number of carbonyl (C=O) groups is 3. The topological polar surface area (TPSA) is 99.5 Å². The molecule has 7 nitrogen and oxygen atoms in total. The molecule has 3 aromatic rings. The number of rotatable bonds is 7. The van der Waals surface area contributed by atoms with Gasteiger partial charge in [0.25, 0.3) is 0 Å². The summed E-state index contributed by atoms with van der Waals surface area (Å²) in [5.74, 6) is -0.220. The van der Waals surface area contributed by atoms with Gasteiger partial charge < -0.3 is 15.0 Å². The number of benzene rings is 3. The molecule has 0 bridgehead atoms. The first-order valence-corrected chi connectivity index (χ1v) is 13.8. The Bertz CT molecular complexity index is 1540. The lowest BCUT2D eigenvalue weighted by molar-refractivity contribution is -0.136. The highest BCUT2D eigenvalue weighted by Gasteiger charge is 2.53. The molecular weight excluding hydrogens is 502 g/mol. The minimum Gasteiger partial charge on any atom is -0.465 e. The van der Waals surface area contributed by atoms with E-state index in [9.17, 15) is 19.6 Å². The average molecular weight is 534 g/mol. The molecule has 1 N–H and O–H groups in total. The minimum absolute atomic E-state index is 0.0259. The molecule has 2 unspecified atom stereocenters. The van der Waals surface area contributed by atoms with Crippen LogP contribution in [0.4, 0.5) is 0 Å². The van der Waals surface area contributed by atoms with Gasteiger partial charge in [0, 0.05) is 25.6 Å². The van der Waals surface area contributed by atoms with Crippen LogP contribution in [-0.2, 0) is 33.8 Å². The fourth-order valence-corrected chi connectivity index (χ4v) is 5.95. The molecular formula is C33H31N3O4. The van der Waals surface area contributed by atoms with Crippen LogP contribution in [0.25, 0.3) is 11.1 Å². The number of carbonyl (C=O) groups excluding carboxylic acids is 3. The summed E-state index contributed by atoms with van der Waals surface area (Å²) in [4.78, 5) is 40.3. The minimum atomic E-state index is -0.878. The molecule has 2 atom stereocenters. The molecule has 6 rings (SSSR count). The van der Waals surface area contributed by atoms with Crippen LogP contribution >= 0.6 is 0 Å². The molecule has 7 heteroatoms. The zero-order valence-corrected chi connectivity index (χ0v) is 22.5. The summed E-state index contributed by atoms with van der Waals surface area (Å²) < 4.78 is 4.91. The van der Waals surface area contributed by atoms with E-state index in [0.29, 0.717) is 44.5 Å². The number of esters is 1. The van der Waals surface area contributed by atoms with Crippen molar-refractivity contribution in [2.24, 2.45) is 11.3 Å². The van der Waals surface area contributed by atoms with E-state index < -0.39 is 11.4 Å². The van der Waals surface area contributed by atoms with Gasteiger partial charge in [-0.1, -0.05) is 54.6 Å². The van der Waals surface area contributed by atoms with Gasteiger partial charge in [-0.3, -0.25) is 9.59 Å². The van der Waals surface area contributed by atoms with Crippen molar-refractivity contribution in [2.45, 2.75) is 44.7 Å². The molecule has 0 radical (unpaired) electrons. The lowest BCUT2D eigenvalue weighted by atomic mass is 9.86. The second kappa shape index (κ2) is 10.3. The van der Waals surface area contributed by atoms with Gasteiger partial charge in [-0.2, -0.15) is 5.26 Å². The molecule has 202 valence electrons. The third kappa shape index (κ3) is 4.75. The summed E-state index contributed by atoms with van der Waals surface area (Å²) in [6.07, 6.45) is 2.70. The molecule has 0 spiro atoms.